The lowest BCUT2D eigenvalue weighted by Crippen LogP contribution is -2.32. The molecule has 1 fully saturated rings. The normalized spacial score (nSPS) is 17.8. The average molecular weight is 255 g/mol. The minimum atomic E-state index is 0.172. The highest BCUT2D eigenvalue weighted by Crippen LogP contribution is 2.43. The van der Waals surface area contributed by atoms with E-state index in [0.29, 0.717) is 0 Å². The Morgan fingerprint density at radius 3 is 2.63 bits per heavy atom. The van der Waals surface area contributed by atoms with Gasteiger partial charge in [0.15, 0.2) is 0 Å². The first-order valence-corrected chi connectivity index (χ1v) is 7.06. The van der Waals surface area contributed by atoms with Crippen molar-refractivity contribution >= 4 is 10.8 Å². The molecule has 0 aromatic heterocycles. The molecule has 2 heteroatoms. The molecule has 2 aromatic rings. The fraction of sp³-hybridized carbons (Fsp3) is 0.412. The molecule has 0 atom stereocenters. The zero-order valence-electron chi connectivity index (χ0n) is 11.5. The molecule has 1 aliphatic carbocycles. The molecule has 2 nitrogen and oxygen atoms in total. The van der Waals surface area contributed by atoms with E-state index < -0.39 is 0 Å². The van der Waals surface area contributed by atoms with Gasteiger partial charge >= 0.3 is 0 Å². The van der Waals surface area contributed by atoms with E-state index in [1.165, 1.54) is 42.0 Å². The van der Waals surface area contributed by atoms with Crippen LogP contribution in [0.1, 0.15) is 31.2 Å². The molecule has 0 saturated heterocycles. The fourth-order valence-corrected chi connectivity index (χ4v) is 3.48. The van der Waals surface area contributed by atoms with E-state index in [4.69, 9.17) is 10.5 Å². The Kier molecular flexibility index (Phi) is 3.19. The number of nitrogens with two attached hydrogens (primary N) is 1. The fourth-order valence-electron chi connectivity index (χ4n) is 3.48. The Morgan fingerprint density at radius 1 is 1.16 bits per heavy atom. The summed E-state index contributed by atoms with van der Waals surface area (Å²) in [4.78, 5) is 0. The van der Waals surface area contributed by atoms with Crippen molar-refractivity contribution in [3.8, 4) is 5.75 Å². The van der Waals surface area contributed by atoms with Crippen molar-refractivity contribution in [1.29, 1.82) is 0 Å². The summed E-state index contributed by atoms with van der Waals surface area (Å²) < 4.78 is 5.38. The van der Waals surface area contributed by atoms with Crippen LogP contribution in [0.2, 0.25) is 0 Å². The Hall–Kier alpha value is -1.54. The number of benzene rings is 2. The SMILES string of the molecule is COc1ccc2cccc(C3(CN)CCCC3)c2c1. The summed E-state index contributed by atoms with van der Waals surface area (Å²) in [7, 11) is 1.72. The number of ether oxygens (including phenoxy) is 1. The van der Waals surface area contributed by atoms with Crippen LogP contribution in [0.3, 0.4) is 0 Å². The molecule has 1 saturated carbocycles. The smallest absolute Gasteiger partial charge is 0.119 e. The zero-order chi connectivity index (χ0) is 13.3. The van der Waals surface area contributed by atoms with Gasteiger partial charge in [-0.2, -0.15) is 0 Å². The maximum absolute atomic E-state index is 6.13. The van der Waals surface area contributed by atoms with Crippen LogP contribution in [-0.4, -0.2) is 13.7 Å². The molecular weight excluding hydrogens is 234 g/mol. The second kappa shape index (κ2) is 4.86. The van der Waals surface area contributed by atoms with Crippen LogP contribution in [0.25, 0.3) is 10.8 Å². The number of fused-ring (bicyclic) bond motifs is 1. The van der Waals surface area contributed by atoms with Gasteiger partial charge in [-0.1, -0.05) is 37.1 Å². The molecule has 2 aromatic carbocycles. The first-order valence-electron chi connectivity index (χ1n) is 7.06. The lowest BCUT2D eigenvalue weighted by Gasteiger charge is -2.29. The van der Waals surface area contributed by atoms with Gasteiger partial charge in [0, 0.05) is 12.0 Å². The number of methoxy groups -OCH3 is 1. The second-order valence-electron chi connectivity index (χ2n) is 5.58. The molecule has 0 unspecified atom stereocenters. The predicted octanol–water partition coefficient (Wildman–Crippen LogP) is 3.62. The quantitative estimate of drug-likeness (QED) is 0.909. The van der Waals surface area contributed by atoms with E-state index in [2.05, 4.69) is 30.3 Å². The molecule has 0 aliphatic heterocycles. The monoisotopic (exact) mass is 255 g/mol. The molecular formula is C17H21NO. The summed E-state index contributed by atoms with van der Waals surface area (Å²) in [6, 6.07) is 12.9. The minimum absolute atomic E-state index is 0.172. The number of hydrogen-bond acceptors (Lipinski definition) is 2. The van der Waals surface area contributed by atoms with Gasteiger partial charge < -0.3 is 10.5 Å². The van der Waals surface area contributed by atoms with Crippen molar-refractivity contribution in [2.45, 2.75) is 31.1 Å². The van der Waals surface area contributed by atoms with Gasteiger partial charge in [-0.25, -0.2) is 0 Å². The Balaban J connectivity index is 2.22. The van der Waals surface area contributed by atoms with Crippen LogP contribution in [0, 0.1) is 0 Å². The van der Waals surface area contributed by atoms with Gasteiger partial charge in [-0.3, -0.25) is 0 Å². The van der Waals surface area contributed by atoms with Crippen LogP contribution < -0.4 is 10.5 Å². The largest absolute Gasteiger partial charge is 0.497 e. The van der Waals surface area contributed by atoms with Crippen LogP contribution in [0.15, 0.2) is 36.4 Å². The number of rotatable bonds is 3. The third-order valence-electron chi connectivity index (χ3n) is 4.61. The Labute approximate surface area is 114 Å². The summed E-state index contributed by atoms with van der Waals surface area (Å²) in [5, 5.41) is 2.58. The molecule has 0 amide bonds. The van der Waals surface area contributed by atoms with E-state index in [1.54, 1.807) is 7.11 Å². The van der Waals surface area contributed by atoms with Gasteiger partial charge in [0.25, 0.3) is 0 Å². The standard InChI is InChI=1S/C17H21NO/c1-19-14-8-7-13-5-4-6-16(15(13)11-14)17(12-18)9-2-3-10-17/h4-8,11H,2-3,9-10,12,18H2,1H3. The third-order valence-corrected chi connectivity index (χ3v) is 4.61. The summed E-state index contributed by atoms with van der Waals surface area (Å²) in [6.45, 7) is 0.739. The maximum atomic E-state index is 6.13. The van der Waals surface area contributed by atoms with E-state index in [9.17, 15) is 0 Å². The summed E-state index contributed by atoms with van der Waals surface area (Å²) in [5.41, 5.74) is 7.71. The van der Waals surface area contributed by atoms with Crippen LogP contribution >= 0.6 is 0 Å². The van der Waals surface area contributed by atoms with E-state index in [-0.39, 0.29) is 5.41 Å². The van der Waals surface area contributed by atoms with Crippen molar-refractivity contribution in [1.82, 2.24) is 0 Å². The van der Waals surface area contributed by atoms with Gasteiger partial charge in [0.05, 0.1) is 7.11 Å². The highest BCUT2D eigenvalue weighted by molar-refractivity contribution is 5.88. The van der Waals surface area contributed by atoms with Gasteiger partial charge in [-0.05, 0) is 41.3 Å². The van der Waals surface area contributed by atoms with Crippen molar-refractivity contribution in [3.63, 3.8) is 0 Å². The highest BCUT2D eigenvalue weighted by Gasteiger charge is 2.35. The van der Waals surface area contributed by atoms with Crippen molar-refractivity contribution in [2.75, 3.05) is 13.7 Å². The van der Waals surface area contributed by atoms with Gasteiger partial charge in [0.1, 0.15) is 5.75 Å². The Morgan fingerprint density at radius 2 is 1.95 bits per heavy atom. The molecule has 3 rings (SSSR count). The second-order valence-corrected chi connectivity index (χ2v) is 5.58. The molecule has 0 heterocycles. The third kappa shape index (κ3) is 2.00. The summed E-state index contributed by atoms with van der Waals surface area (Å²) >= 11 is 0. The lowest BCUT2D eigenvalue weighted by molar-refractivity contribution is 0.415. The maximum Gasteiger partial charge on any atom is 0.119 e. The molecule has 2 N–H and O–H groups in total. The summed E-state index contributed by atoms with van der Waals surface area (Å²) in [5.74, 6) is 0.921. The van der Waals surface area contributed by atoms with Crippen LogP contribution in [0.4, 0.5) is 0 Å². The molecule has 19 heavy (non-hydrogen) atoms. The Bertz CT molecular complexity index is 585. The van der Waals surface area contributed by atoms with E-state index in [1.807, 2.05) is 6.07 Å². The van der Waals surface area contributed by atoms with Crippen molar-refractivity contribution in [2.24, 2.45) is 5.73 Å². The van der Waals surface area contributed by atoms with Crippen molar-refractivity contribution < 1.29 is 4.74 Å². The number of hydrogen-bond donors (Lipinski definition) is 1. The zero-order valence-corrected chi connectivity index (χ0v) is 11.5. The molecule has 0 radical (unpaired) electrons. The predicted molar refractivity (Wildman–Crippen MR) is 79.7 cm³/mol. The topological polar surface area (TPSA) is 35.2 Å². The summed E-state index contributed by atoms with van der Waals surface area (Å²) in [6.07, 6.45) is 4.99. The first-order chi connectivity index (χ1) is 9.29. The van der Waals surface area contributed by atoms with Crippen LogP contribution in [0.5, 0.6) is 5.75 Å². The van der Waals surface area contributed by atoms with Gasteiger partial charge in [-0.15, -0.1) is 0 Å². The first kappa shape index (κ1) is 12.5. The highest BCUT2D eigenvalue weighted by atomic mass is 16.5. The van der Waals surface area contributed by atoms with Crippen LogP contribution in [-0.2, 0) is 5.41 Å². The van der Waals surface area contributed by atoms with E-state index >= 15 is 0 Å². The molecule has 100 valence electrons. The molecule has 1 aliphatic rings. The molecule has 0 spiro atoms. The van der Waals surface area contributed by atoms with Gasteiger partial charge in [0.2, 0.25) is 0 Å². The average Bonchev–Trinajstić information content (AvgIpc) is 2.96. The van der Waals surface area contributed by atoms with Crippen molar-refractivity contribution in [3.05, 3.63) is 42.0 Å². The minimum Gasteiger partial charge on any atom is -0.497 e. The lowest BCUT2D eigenvalue weighted by atomic mass is 9.77. The van der Waals surface area contributed by atoms with E-state index in [0.717, 1.165) is 12.3 Å². The molecule has 0 bridgehead atoms.